The number of alkyl halides is 6. The third-order valence-corrected chi connectivity index (χ3v) is 5.87. The zero-order valence-corrected chi connectivity index (χ0v) is 21.0. The number of hydrogen-bond donors (Lipinski definition) is 1. The fraction of sp³-hybridized carbons (Fsp3) is 0.296. The average molecular weight is 541 g/mol. The fourth-order valence-corrected chi connectivity index (χ4v) is 3.99. The maximum absolute atomic E-state index is 14.1. The molecule has 0 spiro atoms. The van der Waals surface area contributed by atoms with E-state index in [4.69, 9.17) is 15.2 Å². The summed E-state index contributed by atoms with van der Waals surface area (Å²) < 4.78 is 92.4. The van der Waals surface area contributed by atoms with Crippen LogP contribution in [0.5, 0.6) is 5.75 Å². The Morgan fingerprint density at radius 3 is 2.16 bits per heavy atom. The molecule has 3 aromatic rings. The number of methoxy groups -OCH3 is 2. The summed E-state index contributed by atoms with van der Waals surface area (Å²) in [6.45, 7) is 3.23. The van der Waals surface area contributed by atoms with Crippen LogP contribution in [0.1, 0.15) is 42.0 Å². The minimum atomic E-state index is -4.89. The minimum absolute atomic E-state index is 0.103. The van der Waals surface area contributed by atoms with Crippen molar-refractivity contribution in [3.05, 3.63) is 76.9 Å². The number of nitrogens with zero attached hydrogens (tertiary/aromatic N) is 1. The molecule has 5 nitrogen and oxygen atoms in total. The topological polar surface area (TPSA) is 64.8 Å². The van der Waals surface area contributed by atoms with Crippen molar-refractivity contribution in [2.24, 2.45) is 0 Å². The van der Waals surface area contributed by atoms with E-state index in [2.05, 4.69) is 0 Å². The standard InChI is InChI=1S/C27H26F6N2O3/c1-15(2)17-6-8-24(37-3)21(11-17)18-5-7-22(27(31,32)33)23(12-18)35(25(36)38-4)14-16-9-19(26(28,29)30)13-20(34)10-16/h5-13,15H,14,34H2,1-4H3. The summed E-state index contributed by atoms with van der Waals surface area (Å²) in [5.41, 5.74) is 4.01. The van der Waals surface area contributed by atoms with E-state index in [-0.39, 0.29) is 17.2 Å². The first-order valence-corrected chi connectivity index (χ1v) is 11.4. The number of ether oxygens (including phenoxy) is 2. The van der Waals surface area contributed by atoms with E-state index >= 15 is 0 Å². The van der Waals surface area contributed by atoms with Crippen LogP contribution in [0.4, 0.5) is 42.5 Å². The van der Waals surface area contributed by atoms with Crippen molar-refractivity contribution < 1.29 is 40.6 Å². The van der Waals surface area contributed by atoms with Crippen LogP contribution in [0.25, 0.3) is 11.1 Å². The molecule has 0 fully saturated rings. The molecule has 0 aliphatic rings. The normalized spacial score (nSPS) is 12.0. The quantitative estimate of drug-likeness (QED) is 0.255. The van der Waals surface area contributed by atoms with Crippen LogP contribution in [-0.2, 0) is 23.6 Å². The lowest BCUT2D eigenvalue weighted by Crippen LogP contribution is -2.32. The molecule has 0 unspecified atom stereocenters. The molecule has 0 bridgehead atoms. The molecule has 0 aliphatic carbocycles. The molecule has 0 radical (unpaired) electrons. The highest BCUT2D eigenvalue weighted by molar-refractivity contribution is 5.90. The number of nitrogens with two attached hydrogens (primary N) is 1. The molecule has 0 atom stereocenters. The number of carbonyl (C=O) groups excluding carboxylic acids is 1. The molecular weight excluding hydrogens is 514 g/mol. The number of halogens is 6. The summed E-state index contributed by atoms with van der Waals surface area (Å²) in [5, 5.41) is 0. The van der Waals surface area contributed by atoms with E-state index in [1.807, 2.05) is 19.9 Å². The van der Waals surface area contributed by atoms with E-state index in [0.717, 1.165) is 36.9 Å². The second kappa shape index (κ2) is 10.8. The van der Waals surface area contributed by atoms with Gasteiger partial charge in [0.2, 0.25) is 0 Å². The van der Waals surface area contributed by atoms with Gasteiger partial charge in [-0.05, 0) is 65.1 Å². The first-order chi connectivity index (χ1) is 17.6. The Bertz CT molecular complexity index is 1320. The monoisotopic (exact) mass is 540 g/mol. The highest BCUT2D eigenvalue weighted by atomic mass is 19.4. The molecule has 11 heteroatoms. The average Bonchev–Trinajstić information content (AvgIpc) is 2.84. The summed E-state index contributed by atoms with van der Waals surface area (Å²) in [7, 11) is 2.37. The summed E-state index contributed by atoms with van der Waals surface area (Å²) in [6.07, 6.45) is -10.8. The lowest BCUT2D eigenvalue weighted by Gasteiger charge is -2.26. The predicted octanol–water partition coefficient (Wildman–Crippen LogP) is 7.88. The Hall–Kier alpha value is -3.89. The Kier molecular flexibility index (Phi) is 8.18. The zero-order valence-electron chi connectivity index (χ0n) is 21.0. The third-order valence-electron chi connectivity index (χ3n) is 5.87. The number of benzene rings is 3. The Morgan fingerprint density at radius 2 is 1.61 bits per heavy atom. The van der Waals surface area contributed by atoms with Gasteiger partial charge < -0.3 is 15.2 Å². The number of anilines is 2. The second-order valence-electron chi connectivity index (χ2n) is 8.86. The molecule has 3 aromatic carbocycles. The van der Waals surface area contributed by atoms with Gasteiger partial charge in [0.1, 0.15) is 5.75 Å². The number of nitrogen functional groups attached to an aromatic ring is 1. The first kappa shape index (κ1) is 28.7. The van der Waals surface area contributed by atoms with Crippen LogP contribution in [0.15, 0.2) is 54.6 Å². The molecule has 0 saturated heterocycles. The molecule has 38 heavy (non-hydrogen) atoms. The van der Waals surface area contributed by atoms with Gasteiger partial charge in [-0.15, -0.1) is 0 Å². The Morgan fingerprint density at radius 1 is 0.921 bits per heavy atom. The lowest BCUT2D eigenvalue weighted by atomic mass is 9.95. The molecule has 0 aromatic heterocycles. The highest BCUT2D eigenvalue weighted by Crippen LogP contribution is 2.42. The van der Waals surface area contributed by atoms with E-state index in [1.54, 1.807) is 12.1 Å². The molecule has 0 saturated carbocycles. The zero-order chi connectivity index (χ0) is 28.4. The van der Waals surface area contributed by atoms with Gasteiger partial charge in [0.25, 0.3) is 0 Å². The summed E-state index contributed by atoms with van der Waals surface area (Å²) in [6, 6.07) is 11.0. The molecule has 2 N–H and O–H groups in total. The largest absolute Gasteiger partial charge is 0.496 e. The highest BCUT2D eigenvalue weighted by Gasteiger charge is 2.37. The number of carbonyl (C=O) groups is 1. The van der Waals surface area contributed by atoms with Crippen LogP contribution in [0, 0.1) is 0 Å². The Labute approximate surface area is 215 Å². The van der Waals surface area contributed by atoms with E-state index in [9.17, 15) is 31.1 Å². The number of amides is 1. The molecular formula is C27H26F6N2O3. The SMILES string of the molecule is COC(=O)N(Cc1cc(N)cc(C(F)(F)F)c1)c1cc(-c2cc(C(C)C)ccc2OC)ccc1C(F)(F)F. The molecule has 1 amide bonds. The van der Waals surface area contributed by atoms with Gasteiger partial charge in [0, 0.05) is 11.3 Å². The maximum Gasteiger partial charge on any atom is 0.418 e. The van der Waals surface area contributed by atoms with Crippen LogP contribution in [-0.4, -0.2) is 20.3 Å². The molecule has 0 heterocycles. The van der Waals surface area contributed by atoms with Gasteiger partial charge in [-0.3, -0.25) is 4.90 Å². The van der Waals surface area contributed by atoms with Crippen LogP contribution in [0.2, 0.25) is 0 Å². The third kappa shape index (κ3) is 6.32. The van der Waals surface area contributed by atoms with Crippen molar-refractivity contribution in [3.63, 3.8) is 0 Å². The summed E-state index contributed by atoms with van der Waals surface area (Å²) in [5.74, 6) is 0.488. The first-order valence-electron chi connectivity index (χ1n) is 11.4. The smallest absolute Gasteiger partial charge is 0.418 e. The van der Waals surface area contributed by atoms with E-state index in [0.29, 0.717) is 27.8 Å². The van der Waals surface area contributed by atoms with Crippen molar-refractivity contribution in [1.82, 2.24) is 0 Å². The lowest BCUT2D eigenvalue weighted by molar-refractivity contribution is -0.138. The van der Waals surface area contributed by atoms with Gasteiger partial charge in [-0.25, -0.2) is 4.79 Å². The number of rotatable bonds is 6. The van der Waals surface area contributed by atoms with Gasteiger partial charge in [-0.2, -0.15) is 26.3 Å². The van der Waals surface area contributed by atoms with Crippen molar-refractivity contribution in [2.75, 3.05) is 24.9 Å². The summed E-state index contributed by atoms with van der Waals surface area (Å²) in [4.78, 5) is 13.4. The van der Waals surface area contributed by atoms with Crippen LogP contribution >= 0.6 is 0 Å². The molecule has 204 valence electrons. The predicted molar refractivity (Wildman–Crippen MR) is 132 cm³/mol. The summed E-state index contributed by atoms with van der Waals surface area (Å²) >= 11 is 0. The van der Waals surface area contributed by atoms with Crippen molar-refractivity contribution in [2.45, 2.75) is 38.7 Å². The second-order valence-corrected chi connectivity index (χ2v) is 8.86. The van der Waals surface area contributed by atoms with Crippen LogP contribution in [0.3, 0.4) is 0 Å². The number of hydrogen-bond acceptors (Lipinski definition) is 4. The van der Waals surface area contributed by atoms with Crippen molar-refractivity contribution in [1.29, 1.82) is 0 Å². The maximum atomic E-state index is 14.1. The van der Waals surface area contributed by atoms with Gasteiger partial charge >= 0.3 is 18.4 Å². The van der Waals surface area contributed by atoms with Gasteiger partial charge in [0.15, 0.2) is 0 Å². The molecule has 3 rings (SSSR count). The molecule has 0 aliphatic heterocycles. The van der Waals surface area contributed by atoms with E-state index < -0.39 is 41.8 Å². The fourth-order valence-electron chi connectivity index (χ4n) is 3.99. The Balaban J connectivity index is 2.24. The van der Waals surface area contributed by atoms with Crippen molar-refractivity contribution in [3.8, 4) is 16.9 Å². The minimum Gasteiger partial charge on any atom is -0.496 e. The van der Waals surface area contributed by atoms with E-state index in [1.165, 1.54) is 13.2 Å². The van der Waals surface area contributed by atoms with Gasteiger partial charge in [0.05, 0.1) is 37.6 Å². The van der Waals surface area contributed by atoms with Crippen LogP contribution < -0.4 is 15.4 Å². The van der Waals surface area contributed by atoms with Gasteiger partial charge in [-0.1, -0.05) is 26.0 Å². The van der Waals surface area contributed by atoms with Crippen molar-refractivity contribution >= 4 is 17.5 Å².